The quantitative estimate of drug-likeness (QED) is 0.590. The number of halogens is 1. The maximum Gasteiger partial charge on any atom is 0.218 e. The number of nitrogens with one attached hydrogen (secondary N) is 1. The van der Waals surface area contributed by atoms with Crippen LogP contribution in [0.2, 0.25) is 0 Å². The predicted molar refractivity (Wildman–Crippen MR) is 112 cm³/mol. The van der Waals surface area contributed by atoms with Crippen molar-refractivity contribution in [2.24, 2.45) is 0 Å². The van der Waals surface area contributed by atoms with Crippen LogP contribution in [0.25, 0.3) is 0 Å². The van der Waals surface area contributed by atoms with Gasteiger partial charge >= 0.3 is 0 Å². The summed E-state index contributed by atoms with van der Waals surface area (Å²) in [6.45, 7) is 0.793. The molecule has 8 heteroatoms. The summed E-state index contributed by atoms with van der Waals surface area (Å²) in [4.78, 5) is 0. The van der Waals surface area contributed by atoms with Crippen molar-refractivity contribution in [3.05, 3.63) is 83.4 Å². The molecule has 30 heavy (non-hydrogen) atoms. The van der Waals surface area contributed by atoms with Gasteiger partial charge in [0.2, 0.25) is 10.0 Å². The zero-order valence-electron chi connectivity index (χ0n) is 16.5. The summed E-state index contributed by atoms with van der Waals surface area (Å²) < 4.78 is 46.7. The Morgan fingerprint density at radius 1 is 1.13 bits per heavy atom. The first kappa shape index (κ1) is 20.6. The van der Waals surface area contributed by atoms with Crippen LogP contribution < -0.4 is 4.74 Å². The number of aromatic nitrogens is 2. The number of para-hydroxylation sites is 1. The molecule has 1 atom stereocenters. The molecule has 158 valence electrons. The van der Waals surface area contributed by atoms with Crippen LogP contribution in [0.3, 0.4) is 0 Å². The molecule has 0 aliphatic carbocycles. The molecule has 1 aromatic heterocycles. The van der Waals surface area contributed by atoms with Crippen molar-refractivity contribution in [1.82, 2.24) is 14.5 Å². The third-order valence-electron chi connectivity index (χ3n) is 5.21. The van der Waals surface area contributed by atoms with Crippen molar-refractivity contribution >= 4 is 10.0 Å². The highest BCUT2D eigenvalue weighted by atomic mass is 32.2. The van der Waals surface area contributed by atoms with E-state index in [0.29, 0.717) is 25.3 Å². The maximum absolute atomic E-state index is 13.6. The number of benzene rings is 2. The van der Waals surface area contributed by atoms with Crippen LogP contribution in [-0.4, -0.2) is 36.1 Å². The van der Waals surface area contributed by atoms with Crippen molar-refractivity contribution in [3.8, 4) is 5.75 Å². The van der Waals surface area contributed by atoms with Gasteiger partial charge in [-0.1, -0.05) is 42.5 Å². The summed E-state index contributed by atoms with van der Waals surface area (Å²) in [7, 11) is -3.45. The van der Waals surface area contributed by atoms with Crippen LogP contribution in [0.15, 0.2) is 60.7 Å². The molecule has 6 nitrogen and oxygen atoms in total. The number of nitrogens with zero attached hydrogens (tertiary/aromatic N) is 2. The number of aromatic amines is 1. The minimum Gasteiger partial charge on any atom is -0.490 e. The first-order valence-electron chi connectivity index (χ1n) is 9.98. The summed E-state index contributed by atoms with van der Waals surface area (Å²) >= 11 is 0. The Balaban J connectivity index is 1.40. The highest BCUT2D eigenvalue weighted by Crippen LogP contribution is 2.34. The van der Waals surface area contributed by atoms with E-state index in [0.717, 1.165) is 24.1 Å². The van der Waals surface area contributed by atoms with Gasteiger partial charge in [0, 0.05) is 18.7 Å². The molecule has 2 heterocycles. The van der Waals surface area contributed by atoms with E-state index in [2.05, 4.69) is 10.2 Å². The minimum atomic E-state index is -3.45. The lowest BCUT2D eigenvalue weighted by molar-refractivity contribution is 0.304. The van der Waals surface area contributed by atoms with Crippen LogP contribution in [-0.2, 0) is 22.2 Å². The van der Waals surface area contributed by atoms with Gasteiger partial charge in [-0.2, -0.15) is 9.40 Å². The normalized spacial score (nSPS) is 17.3. The lowest BCUT2D eigenvalue weighted by Gasteiger charge is -2.22. The van der Waals surface area contributed by atoms with Gasteiger partial charge in [0.15, 0.2) is 11.6 Å². The molecule has 0 saturated carbocycles. The fraction of sp³-hybridized carbons (Fsp3) is 0.318. The molecule has 0 bridgehead atoms. The second kappa shape index (κ2) is 8.97. The van der Waals surface area contributed by atoms with E-state index < -0.39 is 15.8 Å². The molecule has 0 radical (unpaired) electrons. The van der Waals surface area contributed by atoms with E-state index in [1.54, 1.807) is 22.5 Å². The third-order valence-corrected chi connectivity index (χ3v) is 7.06. The topological polar surface area (TPSA) is 75.3 Å². The number of hydrogen-bond donors (Lipinski definition) is 1. The number of ether oxygens (including phenoxy) is 1. The average Bonchev–Trinajstić information content (AvgIpc) is 3.39. The number of rotatable bonds is 8. The summed E-state index contributed by atoms with van der Waals surface area (Å²) in [5.41, 5.74) is 2.31. The van der Waals surface area contributed by atoms with Crippen molar-refractivity contribution < 1.29 is 17.5 Å². The standard InChI is InChI=1S/C22H24FN3O3S/c23-19-9-4-5-11-22(19)29-14-12-18-15-20(25-24-18)21-10-6-13-26(21)30(27,28)16-17-7-2-1-3-8-17/h1-5,7-9,11,15,21H,6,10,12-14,16H2,(H,24,25)/t21-/m0/s1. The van der Waals surface area contributed by atoms with Gasteiger partial charge in [0.05, 0.1) is 24.1 Å². The molecule has 1 fully saturated rings. The first-order chi connectivity index (χ1) is 14.5. The van der Waals surface area contributed by atoms with Gasteiger partial charge in [0.1, 0.15) is 0 Å². The third kappa shape index (κ3) is 4.71. The molecule has 2 aromatic carbocycles. The van der Waals surface area contributed by atoms with Crippen LogP contribution in [0.1, 0.15) is 35.8 Å². The Bertz CT molecular complexity index is 1090. The predicted octanol–water partition coefficient (Wildman–Crippen LogP) is 3.84. The fourth-order valence-corrected chi connectivity index (χ4v) is 5.54. The van der Waals surface area contributed by atoms with E-state index in [1.165, 1.54) is 6.07 Å². The second-order valence-corrected chi connectivity index (χ2v) is 9.28. The Morgan fingerprint density at radius 2 is 1.90 bits per heavy atom. The summed E-state index contributed by atoms with van der Waals surface area (Å²) in [6, 6.07) is 17.1. The smallest absolute Gasteiger partial charge is 0.218 e. The van der Waals surface area contributed by atoms with Crippen LogP contribution >= 0.6 is 0 Å². The summed E-state index contributed by atoms with van der Waals surface area (Å²) in [5.74, 6) is -0.197. The van der Waals surface area contributed by atoms with Crippen LogP contribution in [0.4, 0.5) is 4.39 Å². The average molecular weight is 430 g/mol. The molecule has 1 aliphatic rings. The molecule has 0 spiro atoms. The van der Waals surface area contributed by atoms with E-state index in [-0.39, 0.29) is 17.5 Å². The molecule has 1 N–H and O–H groups in total. The highest BCUT2D eigenvalue weighted by Gasteiger charge is 2.36. The Kier molecular flexibility index (Phi) is 6.15. The van der Waals surface area contributed by atoms with Crippen LogP contribution in [0, 0.1) is 5.82 Å². The molecule has 0 unspecified atom stereocenters. The molecular formula is C22H24FN3O3S. The molecule has 4 rings (SSSR count). The number of H-pyrrole nitrogens is 1. The molecular weight excluding hydrogens is 405 g/mol. The largest absolute Gasteiger partial charge is 0.490 e. The Hall–Kier alpha value is -2.71. The molecule has 1 saturated heterocycles. The highest BCUT2D eigenvalue weighted by molar-refractivity contribution is 7.88. The lowest BCUT2D eigenvalue weighted by atomic mass is 10.1. The van der Waals surface area contributed by atoms with Gasteiger partial charge in [0.25, 0.3) is 0 Å². The van der Waals surface area contributed by atoms with Gasteiger partial charge in [-0.15, -0.1) is 0 Å². The number of sulfonamides is 1. The zero-order valence-corrected chi connectivity index (χ0v) is 17.3. The van der Waals surface area contributed by atoms with E-state index >= 15 is 0 Å². The van der Waals surface area contributed by atoms with E-state index in [4.69, 9.17) is 4.74 Å². The monoisotopic (exact) mass is 429 g/mol. The molecule has 1 aliphatic heterocycles. The van der Waals surface area contributed by atoms with Crippen molar-refractivity contribution in [2.45, 2.75) is 31.1 Å². The van der Waals surface area contributed by atoms with E-state index in [9.17, 15) is 12.8 Å². The maximum atomic E-state index is 13.6. The Morgan fingerprint density at radius 3 is 2.70 bits per heavy atom. The van der Waals surface area contributed by atoms with Crippen LogP contribution in [0.5, 0.6) is 5.75 Å². The van der Waals surface area contributed by atoms with Gasteiger partial charge < -0.3 is 4.74 Å². The SMILES string of the molecule is O=S(=O)(Cc1ccccc1)N1CCC[C@H]1c1cc(CCOc2ccccc2F)[nH]n1. The molecule has 3 aromatic rings. The summed E-state index contributed by atoms with van der Waals surface area (Å²) in [5, 5.41) is 7.31. The van der Waals surface area contributed by atoms with Gasteiger partial charge in [-0.25, -0.2) is 12.8 Å². The van der Waals surface area contributed by atoms with Gasteiger partial charge in [-0.05, 0) is 36.6 Å². The van der Waals surface area contributed by atoms with Crippen molar-refractivity contribution in [1.29, 1.82) is 0 Å². The van der Waals surface area contributed by atoms with Crippen molar-refractivity contribution in [3.63, 3.8) is 0 Å². The van der Waals surface area contributed by atoms with Crippen molar-refractivity contribution in [2.75, 3.05) is 13.2 Å². The Labute approximate surface area is 175 Å². The fourth-order valence-electron chi connectivity index (χ4n) is 3.75. The summed E-state index contributed by atoms with van der Waals surface area (Å²) in [6.07, 6.45) is 2.06. The first-order valence-corrected chi connectivity index (χ1v) is 11.6. The molecule has 0 amide bonds. The lowest BCUT2D eigenvalue weighted by Crippen LogP contribution is -2.31. The number of hydrogen-bond acceptors (Lipinski definition) is 4. The second-order valence-electron chi connectivity index (χ2n) is 7.36. The zero-order chi connectivity index (χ0) is 21.0. The van der Waals surface area contributed by atoms with E-state index in [1.807, 2.05) is 36.4 Å². The minimum absolute atomic E-state index is 0.0158. The van der Waals surface area contributed by atoms with Gasteiger partial charge in [-0.3, -0.25) is 5.10 Å².